The van der Waals surface area contributed by atoms with Gasteiger partial charge in [0.2, 0.25) is 0 Å². The molecule has 2 heterocycles. The summed E-state index contributed by atoms with van der Waals surface area (Å²) in [5, 5.41) is 3.51. The molecular formula is C17H18BrN3. The average Bonchev–Trinajstić information content (AvgIpc) is 2.75. The highest BCUT2D eigenvalue weighted by Gasteiger charge is 2.09. The van der Waals surface area contributed by atoms with E-state index in [0.717, 1.165) is 28.0 Å². The van der Waals surface area contributed by atoms with E-state index in [-0.39, 0.29) is 0 Å². The first kappa shape index (κ1) is 14.1. The van der Waals surface area contributed by atoms with Gasteiger partial charge in [0.25, 0.3) is 0 Å². The van der Waals surface area contributed by atoms with Crippen LogP contribution in [0.2, 0.25) is 0 Å². The number of hydrogen-bond donors (Lipinski definition) is 1. The van der Waals surface area contributed by atoms with Crippen molar-refractivity contribution in [2.75, 3.05) is 5.32 Å². The summed E-state index contributed by atoms with van der Waals surface area (Å²) >= 11 is 3.63. The molecule has 1 N–H and O–H groups in total. The summed E-state index contributed by atoms with van der Waals surface area (Å²) in [6, 6.07) is 10.4. The van der Waals surface area contributed by atoms with E-state index in [1.54, 1.807) is 0 Å². The molecule has 2 aromatic heterocycles. The molecule has 0 spiro atoms. The highest BCUT2D eigenvalue weighted by molar-refractivity contribution is 9.10. The number of fused-ring (bicyclic) bond motifs is 1. The Kier molecular flexibility index (Phi) is 3.72. The standard InChI is InChI=1S/C17H18BrN3/c1-11-6-4-7-15(18)14(11)10-19-16-8-5-9-21-13(3)12(2)20-17(16)21/h4-9,19H,10H2,1-3H3. The molecule has 0 bridgehead atoms. The van der Waals surface area contributed by atoms with Crippen LogP contribution in [0.15, 0.2) is 41.0 Å². The van der Waals surface area contributed by atoms with E-state index in [1.165, 1.54) is 16.8 Å². The first-order valence-corrected chi connectivity index (χ1v) is 7.79. The van der Waals surface area contributed by atoms with Crippen LogP contribution in [0.4, 0.5) is 5.69 Å². The molecule has 21 heavy (non-hydrogen) atoms. The van der Waals surface area contributed by atoms with E-state index < -0.39 is 0 Å². The molecule has 0 radical (unpaired) electrons. The van der Waals surface area contributed by atoms with Gasteiger partial charge in [-0.1, -0.05) is 28.1 Å². The van der Waals surface area contributed by atoms with Gasteiger partial charge in [0.15, 0.2) is 5.65 Å². The van der Waals surface area contributed by atoms with Crippen molar-refractivity contribution in [3.63, 3.8) is 0 Å². The lowest BCUT2D eigenvalue weighted by Gasteiger charge is -2.12. The second-order valence-corrected chi connectivity index (χ2v) is 6.14. The smallest absolute Gasteiger partial charge is 0.160 e. The van der Waals surface area contributed by atoms with Gasteiger partial charge in [0.1, 0.15) is 0 Å². The molecule has 4 heteroatoms. The van der Waals surface area contributed by atoms with Gasteiger partial charge in [-0.2, -0.15) is 0 Å². The van der Waals surface area contributed by atoms with Crippen LogP contribution >= 0.6 is 15.9 Å². The summed E-state index contributed by atoms with van der Waals surface area (Å²) in [7, 11) is 0. The zero-order valence-corrected chi connectivity index (χ0v) is 14.0. The molecule has 3 aromatic rings. The topological polar surface area (TPSA) is 29.3 Å². The van der Waals surface area contributed by atoms with E-state index in [1.807, 2.05) is 6.92 Å². The fourth-order valence-electron chi connectivity index (χ4n) is 2.51. The number of aromatic nitrogens is 2. The molecule has 0 aliphatic heterocycles. The molecule has 0 amide bonds. The van der Waals surface area contributed by atoms with Gasteiger partial charge in [-0.05, 0) is 50.1 Å². The first-order valence-electron chi connectivity index (χ1n) is 7.00. The van der Waals surface area contributed by atoms with E-state index in [2.05, 4.69) is 81.0 Å². The third-order valence-electron chi connectivity index (χ3n) is 3.93. The Hall–Kier alpha value is -1.81. The van der Waals surface area contributed by atoms with Gasteiger partial charge in [-0.25, -0.2) is 4.98 Å². The summed E-state index contributed by atoms with van der Waals surface area (Å²) in [5.74, 6) is 0. The zero-order chi connectivity index (χ0) is 15.0. The van der Waals surface area contributed by atoms with Crippen molar-refractivity contribution in [2.45, 2.75) is 27.3 Å². The summed E-state index contributed by atoms with van der Waals surface area (Å²) in [6.07, 6.45) is 2.06. The number of aryl methyl sites for hydroxylation is 3. The molecule has 0 unspecified atom stereocenters. The minimum Gasteiger partial charge on any atom is -0.378 e. The van der Waals surface area contributed by atoms with Crippen LogP contribution in [-0.4, -0.2) is 9.38 Å². The molecule has 0 aliphatic carbocycles. The lowest BCUT2D eigenvalue weighted by molar-refractivity contribution is 1.07. The van der Waals surface area contributed by atoms with Crippen LogP contribution < -0.4 is 5.32 Å². The number of pyridine rings is 1. The predicted octanol–water partition coefficient (Wildman–Crippen LogP) is 4.63. The van der Waals surface area contributed by atoms with Crippen molar-refractivity contribution < 1.29 is 0 Å². The Bertz CT molecular complexity index is 785. The lowest BCUT2D eigenvalue weighted by Crippen LogP contribution is -2.04. The number of imidazole rings is 1. The monoisotopic (exact) mass is 343 g/mol. The van der Waals surface area contributed by atoms with Crippen molar-refractivity contribution in [2.24, 2.45) is 0 Å². The van der Waals surface area contributed by atoms with Crippen LogP contribution in [0.3, 0.4) is 0 Å². The maximum absolute atomic E-state index is 4.66. The molecule has 3 nitrogen and oxygen atoms in total. The summed E-state index contributed by atoms with van der Waals surface area (Å²) in [6.45, 7) is 7.05. The van der Waals surface area contributed by atoms with Gasteiger partial charge in [-0.3, -0.25) is 0 Å². The molecule has 1 aromatic carbocycles. The Balaban J connectivity index is 1.94. The Morgan fingerprint density at radius 3 is 2.71 bits per heavy atom. The second-order valence-electron chi connectivity index (χ2n) is 5.29. The molecule has 0 aliphatic rings. The third kappa shape index (κ3) is 2.56. The number of halogens is 1. The average molecular weight is 344 g/mol. The Morgan fingerprint density at radius 2 is 1.95 bits per heavy atom. The van der Waals surface area contributed by atoms with Gasteiger partial charge in [0.05, 0.1) is 11.4 Å². The molecular weight excluding hydrogens is 326 g/mol. The van der Waals surface area contributed by atoms with Gasteiger partial charge < -0.3 is 9.72 Å². The van der Waals surface area contributed by atoms with Crippen LogP contribution in [0.1, 0.15) is 22.5 Å². The minimum absolute atomic E-state index is 0.776. The molecule has 0 atom stereocenters. The molecule has 0 fully saturated rings. The quantitative estimate of drug-likeness (QED) is 0.750. The van der Waals surface area contributed by atoms with Gasteiger partial charge in [0, 0.05) is 22.9 Å². The maximum atomic E-state index is 4.66. The fourth-order valence-corrected chi connectivity index (χ4v) is 3.12. The van der Waals surface area contributed by atoms with Crippen LogP contribution in [-0.2, 0) is 6.54 Å². The number of hydrogen-bond acceptors (Lipinski definition) is 2. The number of rotatable bonds is 3. The van der Waals surface area contributed by atoms with Crippen LogP contribution in [0.25, 0.3) is 5.65 Å². The highest BCUT2D eigenvalue weighted by Crippen LogP contribution is 2.24. The van der Waals surface area contributed by atoms with E-state index in [9.17, 15) is 0 Å². The van der Waals surface area contributed by atoms with E-state index in [4.69, 9.17) is 0 Å². The second kappa shape index (κ2) is 5.53. The van der Waals surface area contributed by atoms with Crippen molar-refractivity contribution >= 4 is 27.3 Å². The number of anilines is 1. The number of nitrogens with zero attached hydrogens (tertiary/aromatic N) is 2. The summed E-state index contributed by atoms with van der Waals surface area (Å²) in [5.41, 5.74) is 6.85. The lowest BCUT2D eigenvalue weighted by atomic mass is 10.1. The van der Waals surface area contributed by atoms with Gasteiger partial charge in [-0.15, -0.1) is 0 Å². The normalized spacial score (nSPS) is 11.0. The van der Waals surface area contributed by atoms with Crippen LogP contribution in [0, 0.1) is 20.8 Å². The maximum Gasteiger partial charge on any atom is 0.160 e. The van der Waals surface area contributed by atoms with Gasteiger partial charge >= 0.3 is 0 Å². The summed E-state index contributed by atoms with van der Waals surface area (Å²) < 4.78 is 3.27. The fraction of sp³-hybridized carbons (Fsp3) is 0.235. The molecule has 108 valence electrons. The Labute approximate surface area is 133 Å². The predicted molar refractivity (Wildman–Crippen MR) is 90.9 cm³/mol. The van der Waals surface area contributed by atoms with Crippen molar-refractivity contribution in [1.29, 1.82) is 0 Å². The van der Waals surface area contributed by atoms with Crippen LogP contribution in [0.5, 0.6) is 0 Å². The van der Waals surface area contributed by atoms with Crippen molar-refractivity contribution in [3.05, 3.63) is 63.5 Å². The number of benzene rings is 1. The molecule has 0 saturated heterocycles. The van der Waals surface area contributed by atoms with Crippen molar-refractivity contribution in [3.8, 4) is 0 Å². The summed E-state index contributed by atoms with van der Waals surface area (Å²) in [4.78, 5) is 4.66. The van der Waals surface area contributed by atoms with E-state index in [0.29, 0.717) is 0 Å². The van der Waals surface area contributed by atoms with Crippen molar-refractivity contribution in [1.82, 2.24) is 9.38 Å². The Morgan fingerprint density at radius 1 is 1.14 bits per heavy atom. The minimum atomic E-state index is 0.776. The largest absolute Gasteiger partial charge is 0.378 e. The zero-order valence-electron chi connectivity index (χ0n) is 12.4. The molecule has 3 rings (SSSR count). The number of nitrogens with one attached hydrogen (secondary N) is 1. The first-order chi connectivity index (χ1) is 10.1. The third-order valence-corrected chi connectivity index (χ3v) is 4.68. The SMILES string of the molecule is Cc1cccc(Br)c1CNc1cccn2c(C)c(C)nc12. The molecule has 0 saturated carbocycles. The van der Waals surface area contributed by atoms with E-state index >= 15 is 0 Å². The highest BCUT2D eigenvalue weighted by atomic mass is 79.9.